The minimum atomic E-state index is -1.21. The lowest BCUT2D eigenvalue weighted by atomic mass is 10.1. The fraction of sp³-hybridized carbons (Fsp3) is 0.526. The van der Waals surface area contributed by atoms with Crippen molar-refractivity contribution in [1.29, 1.82) is 0 Å². The number of ether oxygens (including phenoxy) is 1. The summed E-state index contributed by atoms with van der Waals surface area (Å²) >= 11 is 0. The van der Waals surface area contributed by atoms with E-state index in [1.165, 1.54) is 12.1 Å². The van der Waals surface area contributed by atoms with Gasteiger partial charge >= 0.3 is 12.1 Å². The highest BCUT2D eigenvalue weighted by Crippen LogP contribution is 2.17. The van der Waals surface area contributed by atoms with Gasteiger partial charge in [-0.2, -0.15) is 0 Å². The molecular weight excluding hydrogens is 410 g/mol. The number of phenols is 1. The van der Waals surface area contributed by atoms with E-state index < -0.39 is 34.7 Å². The zero-order chi connectivity index (χ0) is 23.6. The first-order valence-electron chi connectivity index (χ1n) is 9.60. The molecule has 0 heterocycles. The molecule has 0 saturated heterocycles. The number of aromatic hydroxyl groups is 1. The summed E-state index contributed by atoms with van der Waals surface area (Å²) in [4.78, 5) is 39.8. The normalized spacial score (nSPS) is 12.7. The lowest BCUT2D eigenvalue weighted by Crippen LogP contribution is -2.48. The molecule has 0 radical (unpaired) electrons. The number of carbonyl (C=O) groups excluding carboxylic acids is 1. The topological polar surface area (TPSA) is 181 Å². The maximum absolute atomic E-state index is 12.7. The third kappa shape index (κ3) is 10.1. The summed E-state index contributed by atoms with van der Waals surface area (Å²) in [5, 5.41) is 28.6. The summed E-state index contributed by atoms with van der Waals surface area (Å²) in [5.74, 6) is -1.51. The van der Waals surface area contributed by atoms with E-state index in [1.807, 2.05) is 0 Å². The monoisotopic (exact) mass is 439 g/mol. The quantitative estimate of drug-likeness (QED) is 0.138. The Morgan fingerprint density at radius 3 is 2.45 bits per heavy atom. The van der Waals surface area contributed by atoms with Gasteiger partial charge in [0.2, 0.25) is 0 Å². The minimum Gasteiger partial charge on any atom is -0.508 e. The summed E-state index contributed by atoms with van der Waals surface area (Å²) in [6.07, 6.45) is -0.160. The zero-order valence-corrected chi connectivity index (χ0v) is 17.8. The van der Waals surface area contributed by atoms with Gasteiger partial charge < -0.3 is 20.7 Å². The molecule has 0 saturated carbocycles. The number of hydrazine groups is 1. The van der Waals surface area contributed by atoms with E-state index in [2.05, 4.69) is 4.99 Å². The number of hydrogen-bond donors (Lipinski definition) is 4. The molecule has 0 bridgehead atoms. The first-order chi connectivity index (χ1) is 14.4. The second-order valence-corrected chi connectivity index (χ2v) is 7.72. The number of carboxylic acid groups (broad SMARTS) is 1. The van der Waals surface area contributed by atoms with E-state index in [0.717, 1.165) is 10.5 Å². The Bertz CT molecular complexity index is 790. The number of aliphatic carboxylic acids is 1. The Labute approximate surface area is 179 Å². The van der Waals surface area contributed by atoms with Gasteiger partial charge in [-0.05, 0) is 57.7 Å². The Balaban J connectivity index is 2.90. The summed E-state index contributed by atoms with van der Waals surface area (Å²) in [6, 6.07) is 5.18. The predicted octanol–water partition coefficient (Wildman–Crippen LogP) is 1.50. The number of amides is 1. The van der Waals surface area contributed by atoms with Crippen LogP contribution in [0.2, 0.25) is 0 Å². The van der Waals surface area contributed by atoms with Crippen LogP contribution >= 0.6 is 0 Å². The Kier molecular flexibility index (Phi) is 9.51. The number of phenolic OH excluding ortho intramolecular Hbond substituents is 1. The molecule has 0 spiro atoms. The molecule has 1 rings (SSSR count). The van der Waals surface area contributed by atoms with E-state index >= 15 is 0 Å². The van der Waals surface area contributed by atoms with Crippen molar-refractivity contribution in [3.63, 3.8) is 0 Å². The van der Waals surface area contributed by atoms with Gasteiger partial charge in [-0.1, -0.05) is 17.6 Å². The van der Waals surface area contributed by atoms with Crippen LogP contribution in [0.25, 0.3) is 0 Å². The Morgan fingerprint density at radius 2 is 1.94 bits per heavy atom. The molecule has 0 unspecified atom stereocenters. The van der Waals surface area contributed by atoms with E-state index in [0.29, 0.717) is 6.42 Å². The maximum Gasteiger partial charge on any atom is 0.411 e. The smallest absolute Gasteiger partial charge is 0.411 e. The molecule has 172 valence electrons. The number of hydrogen-bond acceptors (Lipinski definition) is 7. The van der Waals surface area contributed by atoms with E-state index in [1.54, 1.807) is 38.3 Å². The largest absolute Gasteiger partial charge is 0.508 e. The maximum atomic E-state index is 12.7. The van der Waals surface area contributed by atoms with Crippen LogP contribution in [0.15, 0.2) is 29.3 Å². The fourth-order valence-corrected chi connectivity index (χ4v) is 2.63. The van der Waals surface area contributed by atoms with Crippen molar-refractivity contribution in [1.82, 2.24) is 10.3 Å². The van der Waals surface area contributed by atoms with Gasteiger partial charge in [0.1, 0.15) is 17.4 Å². The molecular formula is C19H29N5O7. The van der Waals surface area contributed by atoms with Gasteiger partial charge in [-0.3, -0.25) is 4.90 Å². The lowest BCUT2D eigenvalue weighted by molar-refractivity contribution is -0.525. The highest BCUT2D eigenvalue weighted by Gasteiger charge is 2.32. The second kappa shape index (κ2) is 11.6. The van der Waals surface area contributed by atoms with Gasteiger partial charge in [-0.15, -0.1) is 0 Å². The molecule has 0 aliphatic carbocycles. The van der Waals surface area contributed by atoms with E-state index in [4.69, 9.17) is 10.5 Å². The zero-order valence-electron chi connectivity index (χ0n) is 17.8. The van der Waals surface area contributed by atoms with Gasteiger partial charge in [0, 0.05) is 13.1 Å². The molecule has 1 aromatic rings. The van der Waals surface area contributed by atoms with Gasteiger partial charge in [0.15, 0.2) is 5.03 Å². The lowest BCUT2D eigenvalue weighted by Gasteiger charge is -2.31. The molecule has 12 heteroatoms. The summed E-state index contributed by atoms with van der Waals surface area (Å²) in [5.41, 5.74) is 7.01. The number of guanidine groups is 1. The summed E-state index contributed by atoms with van der Waals surface area (Å²) in [6.45, 7) is 5.15. The molecule has 1 aromatic carbocycles. The molecule has 0 aromatic heterocycles. The van der Waals surface area contributed by atoms with Crippen molar-refractivity contribution in [3.05, 3.63) is 39.9 Å². The van der Waals surface area contributed by atoms with Crippen LogP contribution in [0.1, 0.15) is 39.2 Å². The number of carbonyl (C=O) groups is 2. The summed E-state index contributed by atoms with van der Waals surface area (Å²) in [7, 11) is 0. The number of benzene rings is 1. The molecule has 1 atom stereocenters. The van der Waals surface area contributed by atoms with Gasteiger partial charge in [0.25, 0.3) is 5.96 Å². The number of nitrogens with one attached hydrogen (secondary N) is 1. The SMILES string of the molecule is CC(C)(C)OC(=O)N(CCc1ccc(O)cc1)[C@H](CCCN=C(N)N[N+](=O)[O-])C(=O)O. The molecule has 0 fully saturated rings. The van der Waals surface area contributed by atoms with E-state index in [9.17, 15) is 29.9 Å². The van der Waals surface area contributed by atoms with Crippen LogP contribution < -0.4 is 11.2 Å². The van der Waals surface area contributed by atoms with Crippen molar-refractivity contribution in [2.24, 2.45) is 10.7 Å². The van der Waals surface area contributed by atoms with Gasteiger partial charge in [0.05, 0.1) is 0 Å². The Hall–Kier alpha value is -3.57. The number of nitro groups is 1. The van der Waals surface area contributed by atoms with Crippen LogP contribution in [-0.2, 0) is 16.0 Å². The number of nitrogens with two attached hydrogens (primary N) is 1. The highest BCUT2D eigenvalue weighted by molar-refractivity contribution is 5.80. The number of rotatable bonds is 10. The second-order valence-electron chi connectivity index (χ2n) is 7.72. The number of nitrogens with zero attached hydrogens (tertiary/aromatic N) is 3. The average Bonchev–Trinajstić information content (AvgIpc) is 2.62. The predicted molar refractivity (Wildman–Crippen MR) is 112 cm³/mol. The molecule has 31 heavy (non-hydrogen) atoms. The first kappa shape index (κ1) is 25.5. The van der Waals surface area contributed by atoms with Gasteiger partial charge in [-0.25, -0.2) is 24.7 Å². The van der Waals surface area contributed by atoms with Crippen molar-refractivity contribution >= 4 is 18.0 Å². The van der Waals surface area contributed by atoms with Crippen LogP contribution in [0.5, 0.6) is 5.75 Å². The fourth-order valence-electron chi connectivity index (χ4n) is 2.63. The number of aliphatic imine (C=N–C) groups is 1. The Morgan fingerprint density at radius 1 is 1.32 bits per heavy atom. The van der Waals surface area contributed by atoms with Crippen LogP contribution in [0, 0.1) is 10.1 Å². The van der Waals surface area contributed by atoms with Crippen molar-refractivity contribution < 1.29 is 29.6 Å². The van der Waals surface area contributed by atoms with E-state index in [-0.39, 0.29) is 31.7 Å². The standard InChI is InChI=1S/C19H29N5O7/c1-19(2,3)31-18(28)23(12-10-13-6-8-14(25)9-7-13)15(16(26)27)5-4-11-21-17(20)22-24(29)30/h6-9,15,25H,4-5,10-12H2,1-3H3,(H,26,27)(H3,20,21,22)/t15-/m1/s1. The first-order valence-corrected chi connectivity index (χ1v) is 9.60. The average molecular weight is 439 g/mol. The molecule has 12 nitrogen and oxygen atoms in total. The van der Waals surface area contributed by atoms with Crippen molar-refractivity contribution in [2.45, 2.75) is 51.7 Å². The molecule has 0 aliphatic rings. The third-order valence-corrected chi connectivity index (χ3v) is 3.99. The number of carboxylic acids is 1. The van der Waals surface area contributed by atoms with Crippen LogP contribution in [0.3, 0.4) is 0 Å². The molecule has 0 aliphatic heterocycles. The minimum absolute atomic E-state index is 0.0383. The molecule has 5 N–H and O–H groups in total. The summed E-state index contributed by atoms with van der Waals surface area (Å²) < 4.78 is 5.38. The highest BCUT2D eigenvalue weighted by atomic mass is 16.7. The van der Waals surface area contributed by atoms with Crippen LogP contribution in [0.4, 0.5) is 4.79 Å². The van der Waals surface area contributed by atoms with Crippen molar-refractivity contribution in [3.8, 4) is 5.75 Å². The third-order valence-electron chi connectivity index (χ3n) is 3.99. The van der Waals surface area contributed by atoms with Crippen LogP contribution in [-0.4, -0.2) is 62.9 Å². The molecule has 1 amide bonds. The van der Waals surface area contributed by atoms with Crippen molar-refractivity contribution in [2.75, 3.05) is 13.1 Å².